The first-order chi connectivity index (χ1) is 8.83. The predicted molar refractivity (Wildman–Crippen MR) is 77.2 cm³/mol. The maximum absolute atomic E-state index is 13.9. The highest BCUT2D eigenvalue weighted by Gasteiger charge is 2.23. The zero-order chi connectivity index (χ0) is 12.8. The quantitative estimate of drug-likeness (QED) is 0.869. The molecule has 1 fully saturated rings. The summed E-state index contributed by atoms with van der Waals surface area (Å²) < 4.78 is 13.9. The number of aliphatic hydroxyl groups excluding tert-OH is 1. The van der Waals surface area contributed by atoms with Crippen LogP contribution in [0.15, 0.2) is 24.3 Å². The van der Waals surface area contributed by atoms with Crippen molar-refractivity contribution in [2.24, 2.45) is 0 Å². The minimum absolute atomic E-state index is 0. The molecule has 108 valence electrons. The van der Waals surface area contributed by atoms with Gasteiger partial charge in [-0.2, -0.15) is 0 Å². The molecule has 1 atom stereocenters. The summed E-state index contributed by atoms with van der Waals surface area (Å²) >= 11 is 0. The van der Waals surface area contributed by atoms with Gasteiger partial charge in [0.15, 0.2) is 0 Å². The summed E-state index contributed by atoms with van der Waals surface area (Å²) in [6, 6.07) is 7.07. The van der Waals surface area contributed by atoms with E-state index in [2.05, 4.69) is 10.2 Å². The molecule has 0 aromatic heterocycles. The number of nitrogens with one attached hydrogen (secondary N) is 1. The summed E-state index contributed by atoms with van der Waals surface area (Å²) in [5.74, 6) is -0.140. The minimum Gasteiger partial charge on any atom is -0.396 e. The zero-order valence-electron chi connectivity index (χ0n) is 11.0. The second-order valence-electron chi connectivity index (χ2n) is 4.69. The molecular weight excluding hydrogens is 267 g/mol. The summed E-state index contributed by atoms with van der Waals surface area (Å²) in [4.78, 5) is 2.31. The van der Waals surface area contributed by atoms with Gasteiger partial charge in [-0.25, -0.2) is 4.39 Å². The lowest BCUT2D eigenvalue weighted by molar-refractivity contribution is 0.151. The van der Waals surface area contributed by atoms with Crippen LogP contribution in [0.25, 0.3) is 0 Å². The van der Waals surface area contributed by atoms with Crippen molar-refractivity contribution in [1.29, 1.82) is 0 Å². The molecule has 1 saturated heterocycles. The average molecular weight is 289 g/mol. The van der Waals surface area contributed by atoms with Crippen molar-refractivity contribution in [1.82, 2.24) is 10.2 Å². The van der Waals surface area contributed by atoms with Crippen LogP contribution in [0.4, 0.5) is 4.39 Å². The maximum Gasteiger partial charge on any atom is 0.127 e. The lowest BCUT2D eigenvalue weighted by Gasteiger charge is -2.35. The molecule has 0 bridgehead atoms. The van der Waals surface area contributed by atoms with Crippen molar-refractivity contribution < 1.29 is 9.50 Å². The summed E-state index contributed by atoms with van der Waals surface area (Å²) in [6.45, 7) is 3.93. The number of hydrogen-bond acceptors (Lipinski definition) is 3. The first-order valence-electron chi connectivity index (χ1n) is 6.63. The zero-order valence-corrected chi connectivity index (χ0v) is 11.8. The van der Waals surface area contributed by atoms with E-state index < -0.39 is 0 Å². The van der Waals surface area contributed by atoms with Crippen LogP contribution in [0, 0.1) is 5.82 Å². The van der Waals surface area contributed by atoms with Crippen LogP contribution in [0.5, 0.6) is 0 Å². The van der Waals surface area contributed by atoms with Gasteiger partial charge in [0.2, 0.25) is 0 Å². The van der Waals surface area contributed by atoms with Crippen molar-refractivity contribution in [3.63, 3.8) is 0 Å². The average Bonchev–Trinajstić information content (AvgIpc) is 2.42. The van der Waals surface area contributed by atoms with E-state index >= 15 is 0 Å². The molecule has 0 unspecified atom stereocenters. The lowest BCUT2D eigenvalue weighted by Crippen LogP contribution is -2.45. The molecule has 1 heterocycles. The molecule has 1 aromatic carbocycles. The molecular formula is C14H22ClFN2O. The Morgan fingerprint density at radius 1 is 1.26 bits per heavy atom. The van der Waals surface area contributed by atoms with Crippen LogP contribution in [-0.2, 0) is 0 Å². The highest BCUT2D eigenvalue weighted by molar-refractivity contribution is 5.85. The van der Waals surface area contributed by atoms with Crippen molar-refractivity contribution in [2.45, 2.75) is 18.9 Å². The summed E-state index contributed by atoms with van der Waals surface area (Å²) in [5, 5.41) is 12.3. The Morgan fingerprint density at radius 3 is 2.58 bits per heavy atom. The number of aliphatic hydroxyl groups is 1. The number of rotatable bonds is 5. The third kappa shape index (κ3) is 4.42. The number of benzene rings is 1. The predicted octanol–water partition coefficient (Wildman–Crippen LogP) is 1.97. The SMILES string of the molecule is Cl.OCCC[C@H](c1ccccc1F)N1CCNCC1. The van der Waals surface area contributed by atoms with Crippen LogP contribution in [0.1, 0.15) is 24.4 Å². The van der Waals surface area contributed by atoms with Gasteiger partial charge >= 0.3 is 0 Å². The normalized spacial score (nSPS) is 17.8. The molecule has 2 N–H and O–H groups in total. The molecule has 0 amide bonds. The highest BCUT2D eigenvalue weighted by Crippen LogP contribution is 2.27. The van der Waals surface area contributed by atoms with Crippen LogP contribution in [0.3, 0.4) is 0 Å². The fourth-order valence-electron chi connectivity index (χ4n) is 2.56. The monoisotopic (exact) mass is 288 g/mol. The third-order valence-electron chi connectivity index (χ3n) is 3.49. The van der Waals surface area contributed by atoms with Gasteiger partial charge in [0.05, 0.1) is 0 Å². The number of halogens is 2. The lowest BCUT2D eigenvalue weighted by atomic mass is 9.99. The van der Waals surface area contributed by atoms with E-state index in [1.165, 1.54) is 6.07 Å². The molecule has 0 saturated carbocycles. The number of hydrogen-bond donors (Lipinski definition) is 2. The first kappa shape index (κ1) is 16.4. The van der Waals surface area contributed by atoms with E-state index in [9.17, 15) is 4.39 Å². The van der Waals surface area contributed by atoms with Crippen LogP contribution in [0.2, 0.25) is 0 Å². The second-order valence-corrected chi connectivity index (χ2v) is 4.69. The van der Waals surface area contributed by atoms with Gasteiger partial charge in [0.1, 0.15) is 5.82 Å². The molecule has 0 radical (unpaired) electrons. The van der Waals surface area contributed by atoms with Gasteiger partial charge in [0, 0.05) is 44.4 Å². The minimum atomic E-state index is -0.140. The molecule has 1 aliphatic rings. The Labute approximate surface area is 120 Å². The fourth-order valence-corrected chi connectivity index (χ4v) is 2.56. The van der Waals surface area contributed by atoms with Crippen molar-refractivity contribution >= 4 is 12.4 Å². The van der Waals surface area contributed by atoms with E-state index in [1.807, 2.05) is 12.1 Å². The summed E-state index contributed by atoms with van der Waals surface area (Å²) in [5.41, 5.74) is 0.757. The smallest absolute Gasteiger partial charge is 0.127 e. The largest absolute Gasteiger partial charge is 0.396 e. The maximum atomic E-state index is 13.9. The molecule has 0 spiro atoms. The Hall–Kier alpha value is -0.680. The fraction of sp³-hybridized carbons (Fsp3) is 0.571. The van der Waals surface area contributed by atoms with Crippen molar-refractivity contribution in [3.8, 4) is 0 Å². The Bertz CT molecular complexity index is 372. The van der Waals surface area contributed by atoms with E-state index in [4.69, 9.17) is 5.11 Å². The van der Waals surface area contributed by atoms with E-state index in [-0.39, 0.29) is 30.9 Å². The molecule has 1 aliphatic heterocycles. The summed E-state index contributed by atoms with van der Waals surface area (Å²) in [6.07, 6.45) is 1.51. The molecule has 0 aliphatic carbocycles. The Morgan fingerprint density at radius 2 is 1.95 bits per heavy atom. The van der Waals surface area contributed by atoms with Crippen LogP contribution >= 0.6 is 12.4 Å². The number of piperazine rings is 1. The second kappa shape index (κ2) is 8.48. The van der Waals surface area contributed by atoms with Gasteiger partial charge in [-0.05, 0) is 18.9 Å². The van der Waals surface area contributed by atoms with Crippen LogP contribution < -0.4 is 5.32 Å². The molecule has 5 heteroatoms. The van der Waals surface area contributed by atoms with Crippen molar-refractivity contribution in [2.75, 3.05) is 32.8 Å². The van der Waals surface area contributed by atoms with E-state index in [0.717, 1.165) is 38.2 Å². The molecule has 1 aromatic rings. The van der Waals surface area contributed by atoms with E-state index in [1.54, 1.807) is 6.07 Å². The standard InChI is InChI=1S/C14H21FN2O.ClH/c15-13-5-2-1-4-12(13)14(6-3-11-18)17-9-7-16-8-10-17;/h1-2,4-5,14,16,18H,3,6-11H2;1H/t14-;/m1./s1. The Kier molecular flexibility index (Phi) is 7.31. The van der Waals surface area contributed by atoms with Gasteiger partial charge < -0.3 is 10.4 Å². The number of nitrogens with zero attached hydrogens (tertiary/aromatic N) is 1. The van der Waals surface area contributed by atoms with Gasteiger partial charge in [-0.3, -0.25) is 4.90 Å². The van der Waals surface area contributed by atoms with E-state index in [0.29, 0.717) is 6.42 Å². The first-order valence-corrected chi connectivity index (χ1v) is 6.63. The molecule has 2 rings (SSSR count). The van der Waals surface area contributed by atoms with Gasteiger partial charge in [0.25, 0.3) is 0 Å². The topological polar surface area (TPSA) is 35.5 Å². The molecule has 3 nitrogen and oxygen atoms in total. The third-order valence-corrected chi connectivity index (χ3v) is 3.49. The van der Waals surface area contributed by atoms with Crippen LogP contribution in [-0.4, -0.2) is 42.8 Å². The Balaban J connectivity index is 0.00000180. The molecule has 19 heavy (non-hydrogen) atoms. The van der Waals surface area contributed by atoms with Gasteiger partial charge in [-0.1, -0.05) is 18.2 Å². The van der Waals surface area contributed by atoms with Gasteiger partial charge in [-0.15, -0.1) is 12.4 Å². The van der Waals surface area contributed by atoms with Crippen molar-refractivity contribution in [3.05, 3.63) is 35.6 Å². The summed E-state index contributed by atoms with van der Waals surface area (Å²) in [7, 11) is 0. The highest BCUT2D eigenvalue weighted by atomic mass is 35.5.